The molecule has 0 spiro atoms. The average molecular weight is 337 g/mol. The minimum absolute atomic E-state index is 0.492. The lowest BCUT2D eigenvalue weighted by Gasteiger charge is -2.14. The molecule has 0 aliphatic heterocycles. The standard InChI is InChI=1S/C16H17ClN2O2S/c1-20-13-6-7-15(21-2)14(9-13)19-16(22)18-10-11-4-3-5-12(17)8-11/h3-9H,10H2,1-2H3,(H2,18,19,22). The maximum atomic E-state index is 5.96. The number of thiocarbonyl (C=S) groups is 1. The number of nitrogens with one attached hydrogen (secondary N) is 2. The highest BCUT2D eigenvalue weighted by Gasteiger charge is 2.07. The van der Waals surface area contributed by atoms with Gasteiger partial charge in [-0.1, -0.05) is 23.7 Å². The first kappa shape index (κ1) is 16.4. The van der Waals surface area contributed by atoms with Gasteiger partial charge in [-0.3, -0.25) is 0 Å². The second kappa shape index (κ2) is 7.87. The van der Waals surface area contributed by atoms with E-state index in [4.69, 9.17) is 33.3 Å². The molecule has 2 rings (SSSR count). The van der Waals surface area contributed by atoms with Gasteiger partial charge in [0.2, 0.25) is 0 Å². The highest BCUT2D eigenvalue weighted by Crippen LogP contribution is 2.28. The summed E-state index contributed by atoms with van der Waals surface area (Å²) in [5.41, 5.74) is 1.79. The zero-order valence-electron chi connectivity index (χ0n) is 12.4. The van der Waals surface area contributed by atoms with Crippen molar-refractivity contribution in [2.75, 3.05) is 19.5 Å². The van der Waals surface area contributed by atoms with Crippen LogP contribution in [0.15, 0.2) is 42.5 Å². The average Bonchev–Trinajstić information content (AvgIpc) is 2.53. The summed E-state index contributed by atoms with van der Waals surface area (Å²) in [4.78, 5) is 0. The van der Waals surface area contributed by atoms with Crippen LogP contribution in [0.25, 0.3) is 0 Å². The molecule has 116 valence electrons. The first-order chi connectivity index (χ1) is 10.6. The molecule has 2 aromatic rings. The zero-order valence-corrected chi connectivity index (χ0v) is 13.9. The summed E-state index contributed by atoms with van der Waals surface area (Å²) in [5.74, 6) is 1.41. The van der Waals surface area contributed by atoms with Gasteiger partial charge in [-0.2, -0.15) is 0 Å². The number of hydrogen-bond donors (Lipinski definition) is 2. The summed E-state index contributed by atoms with van der Waals surface area (Å²) in [7, 11) is 3.22. The first-order valence-corrected chi connectivity index (χ1v) is 7.42. The van der Waals surface area contributed by atoms with Crippen LogP contribution in [0.1, 0.15) is 5.56 Å². The van der Waals surface area contributed by atoms with E-state index in [1.54, 1.807) is 14.2 Å². The van der Waals surface area contributed by atoms with Crippen molar-refractivity contribution in [2.24, 2.45) is 0 Å². The van der Waals surface area contributed by atoms with Crippen molar-refractivity contribution in [3.05, 3.63) is 53.1 Å². The molecule has 2 aromatic carbocycles. The van der Waals surface area contributed by atoms with Gasteiger partial charge in [0.15, 0.2) is 5.11 Å². The number of benzene rings is 2. The Labute approximate surface area is 140 Å². The lowest BCUT2D eigenvalue weighted by molar-refractivity contribution is 0.405. The lowest BCUT2D eigenvalue weighted by atomic mass is 10.2. The number of anilines is 1. The van der Waals surface area contributed by atoms with Crippen molar-refractivity contribution < 1.29 is 9.47 Å². The quantitative estimate of drug-likeness (QED) is 0.812. The van der Waals surface area contributed by atoms with Crippen molar-refractivity contribution in [1.82, 2.24) is 5.32 Å². The molecule has 0 radical (unpaired) electrons. The molecular weight excluding hydrogens is 320 g/mol. The van der Waals surface area contributed by atoms with Crippen LogP contribution in [0.2, 0.25) is 5.02 Å². The number of rotatable bonds is 5. The Morgan fingerprint density at radius 1 is 1.14 bits per heavy atom. The fourth-order valence-electron chi connectivity index (χ4n) is 1.91. The molecule has 0 atom stereocenters. The van der Waals surface area contributed by atoms with Crippen LogP contribution in [0.4, 0.5) is 5.69 Å². The van der Waals surface area contributed by atoms with Gasteiger partial charge in [-0.05, 0) is 42.0 Å². The highest BCUT2D eigenvalue weighted by molar-refractivity contribution is 7.80. The predicted molar refractivity (Wildman–Crippen MR) is 94.1 cm³/mol. The van der Waals surface area contributed by atoms with E-state index in [1.807, 2.05) is 42.5 Å². The SMILES string of the molecule is COc1ccc(OC)c(NC(=S)NCc2cccc(Cl)c2)c1. The smallest absolute Gasteiger partial charge is 0.171 e. The molecular formula is C16H17ClN2O2S. The van der Waals surface area contributed by atoms with E-state index in [9.17, 15) is 0 Å². The van der Waals surface area contributed by atoms with E-state index >= 15 is 0 Å². The molecule has 22 heavy (non-hydrogen) atoms. The second-order valence-corrected chi connectivity index (χ2v) is 5.35. The summed E-state index contributed by atoms with van der Waals surface area (Å²) >= 11 is 11.3. The first-order valence-electron chi connectivity index (χ1n) is 6.63. The molecule has 0 aromatic heterocycles. The van der Waals surface area contributed by atoms with Gasteiger partial charge in [0.25, 0.3) is 0 Å². The molecule has 0 saturated carbocycles. The number of ether oxygens (including phenoxy) is 2. The van der Waals surface area contributed by atoms with E-state index in [0.717, 1.165) is 17.0 Å². The van der Waals surface area contributed by atoms with Crippen LogP contribution < -0.4 is 20.1 Å². The molecule has 0 amide bonds. The van der Waals surface area contributed by atoms with Gasteiger partial charge in [0.1, 0.15) is 11.5 Å². The van der Waals surface area contributed by atoms with Gasteiger partial charge in [0, 0.05) is 17.6 Å². The van der Waals surface area contributed by atoms with Gasteiger partial charge >= 0.3 is 0 Å². The van der Waals surface area contributed by atoms with Crippen molar-refractivity contribution in [3.8, 4) is 11.5 Å². The molecule has 2 N–H and O–H groups in total. The Balaban J connectivity index is 1.99. The third kappa shape index (κ3) is 4.51. The third-order valence-corrected chi connectivity index (χ3v) is 3.48. The van der Waals surface area contributed by atoms with Gasteiger partial charge in [-0.15, -0.1) is 0 Å². The van der Waals surface area contributed by atoms with Crippen LogP contribution in [0.3, 0.4) is 0 Å². The minimum Gasteiger partial charge on any atom is -0.497 e. The molecule has 0 bridgehead atoms. The predicted octanol–water partition coefficient (Wildman–Crippen LogP) is 3.84. The molecule has 6 heteroatoms. The summed E-state index contributed by atoms with van der Waals surface area (Å²) in [6.07, 6.45) is 0. The monoisotopic (exact) mass is 336 g/mol. The number of halogens is 1. The fraction of sp³-hybridized carbons (Fsp3) is 0.188. The van der Waals surface area contributed by atoms with Crippen LogP contribution >= 0.6 is 23.8 Å². The molecule has 4 nitrogen and oxygen atoms in total. The Morgan fingerprint density at radius 2 is 1.95 bits per heavy atom. The minimum atomic E-state index is 0.492. The Kier molecular flexibility index (Phi) is 5.86. The fourth-order valence-corrected chi connectivity index (χ4v) is 2.30. The maximum Gasteiger partial charge on any atom is 0.171 e. The summed E-state index contributed by atoms with van der Waals surface area (Å²) in [6, 6.07) is 13.1. The van der Waals surface area contributed by atoms with Crippen LogP contribution in [0, 0.1) is 0 Å². The van der Waals surface area contributed by atoms with E-state index in [-0.39, 0.29) is 0 Å². The molecule has 0 fully saturated rings. The Hall–Kier alpha value is -1.98. The van der Waals surface area contributed by atoms with Crippen molar-refractivity contribution in [2.45, 2.75) is 6.54 Å². The summed E-state index contributed by atoms with van der Waals surface area (Å²) < 4.78 is 10.5. The highest BCUT2D eigenvalue weighted by atomic mass is 35.5. The van der Waals surface area contributed by atoms with Gasteiger partial charge in [-0.25, -0.2) is 0 Å². The van der Waals surface area contributed by atoms with Crippen LogP contribution in [-0.2, 0) is 6.54 Å². The van der Waals surface area contributed by atoms with Crippen molar-refractivity contribution in [3.63, 3.8) is 0 Å². The summed E-state index contributed by atoms with van der Waals surface area (Å²) in [5, 5.41) is 7.43. The van der Waals surface area contributed by atoms with E-state index in [1.165, 1.54) is 0 Å². The number of methoxy groups -OCH3 is 2. The Morgan fingerprint density at radius 3 is 2.64 bits per heavy atom. The number of hydrogen-bond acceptors (Lipinski definition) is 3. The molecule has 0 saturated heterocycles. The largest absolute Gasteiger partial charge is 0.497 e. The summed E-state index contributed by atoms with van der Waals surface area (Å²) in [6.45, 7) is 0.582. The lowest BCUT2D eigenvalue weighted by Crippen LogP contribution is -2.28. The van der Waals surface area contributed by atoms with Gasteiger partial charge in [0.05, 0.1) is 19.9 Å². The molecule has 0 aliphatic rings. The van der Waals surface area contributed by atoms with E-state index in [2.05, 4.69) is 10.6 Å². The third-order valence-electron chi connectivity index (χ3n) is 3.00. The Bertz CT molecular complexity index is 664. The van der Waals surface area contributed by atoms with Crippen LogP contribution in [-0.4, -0.2) is 19.3 Å². The normalized spacial score (nSPS) is 9.95. The topological polar surface area (TPSA) is 42.5 Å². The zero-order chi connectivity index (χ0) is 15.9. The van der Waals surface area contributed by atoms with Gasteiger partial charge < -0.3 is 20.1 Å². The second-order valence-electron chi connectivity index (χ2n) is 4.50. The molecule has 0 aliphatic carbocycles. The van der Waals surface area contributed by atoms with Crippen molar-refractivity contribution >= 4 is 34.6 Å². The van der Waals surface area contributed by atoms with E-state index in [0.29, 0.717) is 22.4 Å². The van der Waals surface area contributed by atoms with Crippen LogP contribution in [0.5, 0.6) is 11.5 Å². The van der Waals surface area contributed by atoms with Crippen molar-refractivity contribution in [1.29, 1.82) is 0 Å². The molecule has 0 unspecified atom stereocenters. The van der Waals surface area contributed by atoms with E-state index < -0.39 is 0 Å². The molecule has 0 heterocycles. The maximum absolute atomic E-state index is 5.96.